The fourth-order valence-electron chi connectivity index (χ4n) is 1.28. The molecule has 0 unspecified atom stereocenters. The van der Waals surface area contributed by atoms with Crippen LogP contribution in [0.25, 0.3) is 0 Å². The minimum Gasteiger partial charge on any atom is -0.465 e. The zero-order valence-corrected chi connectivity index (χ0v) is 14.2. The molecule has 0 fully saturated rings. The van der Waals surface area contributed by atoms with E-state index in [-0.39, 0.29) is 10.2 Å². The SMILES string of the molecule is CC(C)(C)[Si](C)(C)OCc1cnc(Cl)cc1NC(=O)O. The Morgan fingerprint density at radius 2 is 2.10 bits per heavy atom. The summed E-state index contributed by atoms with van der Waals surface area (Å²) in [5.74, 6) is 0. The fraction of sp³-hybridized carbons (Fsp3) is 0.538. The van der Waals surface area contributed by atoms with E-state index in [2.05, 4.69) is 44.2 Å². The van der Waals surface area contributed by atoms with Gasteiger partial charge in [0.1, 0.15) is 5.15 Å². The van der Waals surface area contributed by atoms with E-state index < -0.39 is 14.4 Å². The molecule has 1 amide bonds. The first kappa shape index (κ1) is 16.9. The smallest absolute Gasteiger partial charge is 0.409 e. The van der Waals surface area contributed by atoms with E-state index in [0.29, 0.717) is 17.9 Å². The lowest BCUT2D eigenvalue weighted by atomic mass is 10.2. The van der Waals surface area contributed by atoms with Crippen LogP contribution in [0.5, 0.6) is 0 Å². The van der Waals surface area contributed by atoms with Crippen LogP contribution in [0.2, 0.25) is 23.3 Å². The van der Waals surface area contributed by atoms with Crippen LogP contribution in [0.15, 0.2) is 12.3 Å². The highest BCUT2D eigenvalue weighted by Gasteiger charge is 2.37. The molecule has 0 aliphatic heterocycles. The quantitative estimate of drug-likeness (QED) is 0.640. The lowest BCUT2D eigenvalue weighted by Crippen LogP contribution is -2.40. The Kier molecular flexibility index (Phi) is 5.18. The van der Waals surface area contributed by atoms with Gasteiger partial charge >= 0.3 is 6.09 Å². The lowest BCUT2D eigenvalue weighted by molar-refractivity contribution is 0.209. The van der Waals surface area contributed by atoms with E-state index in [1.54, 1.807) is 6.20 Å². The zero-order chi connectivity index (χ0) is 15.6. The number of halogens is 1. The minimum atomic E-state index is -1.90. The summed E-state index contributed by atoms with van der Waals surface area (Å²) >= 11 is 5.79. The Hall–Kier alpha value is -1.11. The second-order valence-electron chi connectivity index (χ2n) is 6.14. The van der Waals surface area contributed by atoms with Gasteiger partial charge in [-0.1, -0.05) is 32.4 Å². The van der Waals surface area contributed by atoms with E-state index >= 15 is 0 Å². The van der Waals surface area contributed by atoms with Crippen molar-refractivity contribution in [1.82, 2.24) is 4.98 Å². The van der Waals surface area contributed by atoms with Gasteiger partial charge in [0.25, 0.3) is 0 Å². The largest absolute Gasteiger partial charge is 0.465 e. The standard InChI is InChI=1S/C13H21ClN2O3Si/c1-13(2,3)20(4,5)19-8-9-7-15-11(14)6-10(9)16-12(17)18/h6-7H,8H2,1-5H3,(H,15,16)(H,17,18). The average Bonchev–Trinajstić information content (AvgIpc) is 2.25. The molecule has 0 atom stereocenters. The number of carboxylic acid groups (broad SMARTS) is 1. The topological polar surface area (TPSA) is 71.5 Å². The molecule has 0 saturated carbocycles. The third kappa shape index (κ3) is 4.47. The van der Waals surface area contributed by atoms with Gasteiger partial charge in [-0.3, -0.25) is 5.32 Å². The van der Waals surface area contributed by atoms with Gasteiger partial charge in [0.05, 0.1) is 12.3 Å². The number of pyridine rings is 1. The van der Waals surface area contributed by atoms with Gasteiger partial charge in [-0.2, -0.15) is 0 Å². The fourth-order valence-corrected chi connectivity index (χ4v) is 2.39. The molecule has 0 radical (unpaired) electrons. The molecule has 0 aliphatic carbocycles. The number of rotatable bonds is 4. The molecule has 1 heterocycles. The minimum absolute atomic E-state index is 0.0905. The summed E-state index contributed by atoms with van der Waals surface area (Å²) in [6.45, 7) is 11.0. The highest BCUT2D eigenvalue weighted by Crippen LogP contribution is 2.37. The van der Waals surface area contributed by atoms with Gasteiger partial charge in [-0.05, 0) is 24.2 Å². The molecule has 0 spiro atoms. The number of nitrogens with one attached hydrogen (secondary N) is 1. The lowest BCUT2D eigenvalue weighted by Gasteiger charge is -2.36. The Labute approximate surface area is 125 Å². The summed E-state index contributed by atoms with van der Waals surface area (Å²) in [7, 11) is -1.90. The van der Waals surface area contributed by atoms with Crippen molar-refractivity contribution in [3.63, 3.8) is 0 Å². The molecule has 2 N–H and O–H groups in total. The summed E-state index contributed by atoms with van der Waals surface area (Å²) in [6.07, 6.45) is 0.404. The predicted octanol–water partition coefficient (Wildman–Crippen LogP) is 4.35. The summed E-state index contributed by atoms with van der Waals surface area (Å²) in [5.41, 5.74) is 1.10. The van der Waals surface area contributed by atoms with Crippen molar-refractivity contribution < 1.29 is 14.3 Å². The molecule has 5 nitrogen and oxygen atoms in total. The van der Waals surface area contributed by atoms with Crippen LogP contribution in [-0.2, 0) is 11.0 Å². The maximum absolute atomic E-state index is 10.8. The Bertz CT molecular complexity index is 501. The molecular formula is C13H21ClN2O3Si. The highest BCUT2D eigenvalue weighted by molar-refractivity contribution is 6.74. The maximum atomic E-state index is 10.8. The molecule has 7 heteroatoms. The van der Waals surface area contributed by atoms with Crippen molar-refractivity contribution in [2.24, 2.45) is 0 Å². The van der Waals surface area contributed by atoms with Gasteiger partial charge in [-0.15, -0.1) is 0 Å². The molecule has 0 aromatic carbocycles. The third-order valence-corrected chi connectivity index (χ3v) is 8.27. The first-order valence-electron chi connectivity index (χ1n) is 6.31. The van der Waals surface area contributed by atoms with E-state index in [0.717, 1.165) is 0 Å². The Morgan fingerprint density at radius 3 is 2.60 bits per heavy atom. The molecule has 1 rings (SSSR count). The Balaban J connectivity index is 2.90. The first-order valence-corrected chi connectivity index (χ1v) is 9.60. The highest BCUT2D eigenvalue weighted by atomic mass is 35.5. The van der Waals surface area contributed by atoms with E-state index in [1.807, 2.05) is 0 Å². The van der Waals surface area contributed by atoms with Crippen molar-refractivity contribution in [1.29, 1.82) is 0 Å². The van der Waals surface area contributed by atoms with Crippen LogP contribution < -0.4 is 5.32 Å². The molecule has 0 saturated heterocycles. The van der Waals surface area contributed by atoms with Crippen LogP contribution in [0, 0.1) is 0 Å². The zero-order valence-electron chi connectivity index (χ0n) is 12.5. The van der Waals surface area contributed by atoms with Crippen molar-refractivity contribution in [3.8, 4) is 0 Å². The first-order chi connectivity index (χ1) is 9.03. The maximum Gasteiger partial charge on any atom is 0.409 e. The number of aromatic nitrogens is 1. The monoisotopic (exact) mass is 316 g/mol. The normalized spacial score (nSPS) is 12.3. The number of hydrogen-bond acceptors (Lipinski definition) is 3. The molecule has 112 valence electrons. The number of anilines is 1. The van der Waals surface area contributed by atoms with E-state index in [9.17, 15) is 4.79 Å². The van der Waals surface area contributed by atoms with Crippen LogP contribution in [-0.4, -0.2) is 24.5 Å². The van der Waals surface area contributed by atoms with Crippen molar-refractivity contribution >= 4 is 31.7 Å². The van der Waals surface area contributed by atoms with Gasteiger partial charge in [-0.25, -0.2) is 9.78 Å². The summed E-state index contributed by atoms with van der Waals surface area (Å²) in [5, 5.41) is 11.5. The van der Waals surface area contributed by atoms with Crippen LogP contribution in [0.4, 0.5) is 10.5 Å². The van der Waals surface area contributed by atoms with Crippen molar-refractivity contribution in [2.75, 3.05) is 5.32 Å². The summed E-state index contributed by atoms with van der Waals surface area (Å²) < 4.78 is 6.06. The van der Waals surface area contributed by atoms with Crippen LogP contribution in [0.3, 0.4) is 0 Å². The molecular weight excluding hydrogens is 296 g/mol. The van der Waals surface area contributed by atoms with Gasteiger partial charge < -0.3 is 9.53 Å². The molecule has 1 aromatic rings. The van der Waals surface area contributed by atoms with E-state index in [4.69, 9.17) is 21.1 Å². The van der Waals surface area contributed by atoms with Crippen molar-refractivity contribution in [2.45, 2.75) is 45.5 Å². The second-order valence-corrected chi connectivity index (χ2v) is 11.3. The molecule has 0 aliphatic rings. The molecule has 20 heavy (non-hydrogen) atoms. The summed E-state index contributed by atoms with van der Waals surface area (Å²) in [6, 6.07) is 1.49. The number of hydrogen-bond donors (Lipinski definition) is 2. The van der Waals surface area contributed by atoms with Gasteiger partial charge in [0.2, 0.25) is 0 Å². The van der Waals surface area contributed by atoms with Crippen LogP contribution in [0.1, 0.15) is 26.3 Å². The number of carbonyl (C=O) groups is 1. The van der Waals surface area contributed by atoms with Gasteiger partial charge in [0, 0.05) is 11.8 Å². The van der Waals surface area contributed by atoms with E-state index in [1.165, 1.54) is 6.07 Å². The number of nitrogens with zero attached hydrogens (tertiary/aromatic N) is 1. The van der Waals surface area contributed by atoms with Crippen molar-refractivity contribution in [3.05, 3.63) is 23.0 Å². The number of amides is 1. The second kappa shape index (κ2) is 6.11. The summed E-state index contributed by atoms with van der Waals surface area (Å²) in [4.78, 5) is 14.8. The Morgan fingerprint density at radius 1 is 1.50 bits per heavy atom. The average molecular weight is 317 g/mol. The third-order valence-electron chi connectivity index (χ3n) is 3.59. The van der Waals surface area contributed by atoms with Crippen LogP contribution >= 0.6 is 11.6 Å². The van der Waals surface area contributed by atoms with Gasteiger partial charge in [0.15, 0.2) is 8.32 Å². The predicted molar refractivity (Wildman–Crippen MR) is 82.9 cm³/mol. The molecule has 0 bridgehead atoms. The molecule has 1 aromatic heterocycles.